The molecule has 0 aliphatic rings. The van der Waals surface area contributed by atoms with Gasteiger partial charge >= 0.3 is 0 Å². The summed E-state index contributed by atoms with van der Waals surface area (Å²) in [7, 11) is 0. The fourth-order valence-corrected chi connectivity index (χ4v) is 1.79. The molecule has 0 saturated carbocycles. The lowest BCUT2D eigenvalue weighted by atomic mass is 10.2. The Bertz CT molecular complexity index is 543. The van der Waals surface area contributed by atoms with E-state index >= 15 is 0 Å². The highest BCUT2D eigenvalue weighted by Crippen LogP contribution is 2.13. The van der Waals surface area contributed by atoms with E-state index in [4.69, 9.17) is 0 Å². The molecule has 0 bridgehead atoms. The van der Waals surface area contributed by atoms with Crippen LogP contribution in [0.4, 0.5) is 5.69 Å². The average molecular weight is 357 g/mol. The number of anilines is 1. The number of halogens is 2. The third-order valence-corrected chi connectivity index (χ3v) is 2.86. The summed E-state index contributed by atoms with van der Waals surface area (Å²) in [6.07, 6.45) is 4.71. The van der Waals surface area contributed by atoms with Gasteiger partial charge < -0.3 is 5.32 Å². The topological polar surface area (TPSA) is 54.9 Å². The highest BCUT2D eigenvalue weighted by Gasteiger charge is 2.06. The Labute approximate surface area is 115 Å². The Morgan fingerprint density at radius 2 is 2.00 bits per heavy atom. The minimum absolute atomic E-state index is 0.220. The zero-order valence-electron chi connectivity index (χ0n) is 8.52. The van der Waals surface area contributed by atoms with Gasteiger partial charge in [-0.05, 0) is 50.1 Å². The van der Waals surface area contributed by atoms with Crippen LogP contribution in [0.3, 0.4) is 0 Å². The smallest absolute Gasteiger partial charge is 0.257 e. The van der Waals surface area contributed by atoms with Gasteiger partial charge in [-0.1, -0.05) is 0 Å². The van der Waals surface area contributed by atoms with E-state index in [9.17, 15) is 4.79 Å². The van der Waals surface area contributed by atoms with E-state index in [2.05, 4.69) is 47.1 Å². The second kappa shape index (κ2) is 5.37. The van der Waals surface area contributed by atoms with Crippen LogP contribution in [0.2, 0.25) is 0 Å². The average Bonchev–Trinajstić information content (AvgIpc) is 2.32. The van der Waals surface area contributed by atoms with Crippen molar-refractivity contribution in [2.45, 2.75) is 0 Å². The van der Waals surface area contributed by atoms with Gasteiger partial charge in [-0.25, -0.2) is 4.98 Å². The fourth-order valence-electron chi connectivity index (χ4n) is 1.19. The number of rotatable bonds is 2. The second-order valence-corrected chi connectivity index (χ2v) is 4.94. The number of amides is 1. The largest absolute Gasteiger partial charge is 0.321 e. The molecule has 4 nitrogen and oxygen atoms in total. The molecule has 0 atom stereocenters. The Hall–Kier alpha value is -1.27. The van der Waals surface area contributed by atoms with Crippen molar-refractivity contribution in [3.63, 3.8) is 0 Å². The summed E-state index contributed by atoms with van der Waals surface area (Å²) in [6.45, 7) is 0. The van der Waals surface area contributed by atoms with Gasteiger partial charge in [0.05, 0.1) is 17.4 Å². The Morgan fingerprint density at radius 1 is 1.18 bits per heavy atom. The lowest BCUT2D eigenvalue weighted by Crippen LogP contribution is -2.12. The maximum Gasteiger partial charge on any atom is 0.257 e. The highest BCUT2D eigenvalue weighted by atomic mass is 79.9. The van der Waals surface area contributed by atoms with Crippen LogP contribution < -0.4 is 5.32 Å². The van der Waals surface area contributed by atoms with Crippen molar-refractivity contribution in [3.8, 4) is 0 Å². The van der Waals surface area contributed by atoms with Crippen molar-refractivity contribution in [1.82, 2.24) is 9.97 Å². The molecule has 1 amide bonds. The quantitative estimate of drug-likeness (QED) is 0.840. The van der Waals surface area contributed by atoms with Crippen molar-refractivity contribution in [2.75, 3.05) is 5.32 Å². The molecular weight excluding hydrogens is 350 g/mol. The normalized spacial score (nSPS) is 10.0. The SMILES string of the molecule is O=C(Nc1ccc(Br)nc1)c1cncc(Br)c1. The van der Waals surface area contributed by atoms with Gasteiger partial charge in [0.25, 0.3) is 5.91 Å². The molecule has 2 rings (SSSR count). The van der Waals surface area contributed by atoms with Crippen LogP contribution >= 0.6 is 31.9 Å². The first-order valence-corrected chi connectivity index (χ1v) is 6.27. The van der Waals surface area contributed by atoms with Crippen molar-refractivity contribution in [3.05, 3.63) is 51.4 Å². The number of pyridine rings is 2. The number of aromatic nitrogens is 2. The van der Waals surface area contributed by atoms with Gasteiger partial charge in [-0.15, -0.1) is 0 Å². The Morgan fingerprint density at radius 3 is 2.65 bits per heavy atom. The fraction of sp³-hybridized carbons (Fsp3) is 0. The van der Waals surface area contributed by atoms with Gasteiger partial charge in [0.1, 0.15) is 4.60 Å². The highest BCUT2D eigenvalue weighted by molar-refractivity contribution is 9.10. The van der Waals surface area contributed by atoms with Crippen LogP contribution in [0, 0.1) is 0 Å². The van der Waals surface area contributed by atoms with Crippen molar-refractivity contribution in [2.24, 2.45) is 0 Å². The maximum atomic E-state index is 11.8. The zero-order chi connectivity index (χ0) is 12.3. The molecule has 1 N–H and O–H groups in total. The molecule has 0 saturated heterocycles. The number of nitrogens with one attached hydrogen (secondary N) is 1. The summed E-state index contributed by atoms with van der Waals surface area (Å²) in [5.41, 5.74) is 1.13. The third-order valence-electron chi connectivity index (χ3n) is 1.95. The monoisotopic (exact) mass is 355 g/mol. The standard InChI is InChI=1S/C11H7Br2N3O/c12-8-3-7(4-14-5-8)11(17)16-9-1-2-10(13)15-6-9/h1-6H,(H,16,17). The molecule has 0 spiro atoms. The molecule has 0 fully saturated rings. The van der Waals surface area contributed by atoms with E-state index in [0.717, 1.165) is 9.08 Å². The van der Waals surface area contributed by atoms with E-state index in [0.29, 0.717) is 11.3 Å². The summed E-state index contributed by atoms with van der Waals surface area (Å²) in [5, 5.41) is 2.73. The van der Waals surface area contributed by atoms with E-state index < -0.39 is 0 Å². The lowest BCUT2D eigenvalue weighted by molar-refractivity contribution is 0.102. The minimum Gasteiger partial charge on any atom is -0.321 e. The van der Waals surface area contributed by atoms with E-state index in [1.807, 2.05) is 0 Å². The summed E-state index contributed by atoms with van der Waals surface area (Å²) in [5.74, 6) is -0.220. The molecule has 0 aliphatic carbocycles. The van der Waals surface area contributed by atoms with Gasteiger partial charge in [0, 0.05) is 16.9 Å². The van der Waals surface area contributed by atoms with Gasteiger partial charge in [-0.2, -0.15) is 0 Å². The number of carbonyl (C=O) groups excluding carboxylic acids is 1. The summed E-state index contributed by atoms with van der Waals surface area (Å²) < 4.78 is 1.48. The Kier molecular flexibility index (Phi) is 3.86. The number of hydrogen-bond donors (Lipinski definition) is 1. The molecule has 0 radical (unpaired) electrons. The van der Waals surface area contributed by atoms with Crippen LogP contribution in [-0.2, 0) is 0 Å². The second-order valence-electron chi connectivity index (χ2n) is 3.22. The van der Waals surface area contributed by atoms with E-state index in [1.165, 1.54) is 6.20 Å². The van der Waals surface area contributed by atoms with Crippen molar-refractivity contribution in [1.29, 1.82) is 0 Å². The molecular formula is C11H7Br2N3O. The summed E-state index contributed by atoms with van der Waals surface area (Å²) in [4.78, 5) is 19.8. The molecule has 6 heteroatoms. The Balaban J connectivity index is 2.14. The van der Waals surface area contributed by atoms with Gasteiger partial charge in [0.2, 0.25) is 0 Å². The molecule has 2 aromatic heterocycles. The molecule has 86 valence electrons. The molecule has 0 aliphatic heterocycles. The first-order chi connectivity index (χ1) is 8.15. The molecule has 2 heterocycles. The number of carbonyl (C=O) groups is 1. The van der Waals surface area contributed by atoms with E-state index in [1.54, 1.807) is 30.6 Å². The summed E-state index contributed by atoms with van der Waals surface area (Å²) >= 11 is 6.49. The van der Waals surface area contributed by atoms with Crippen LogP contribution in [0.15, 0.2) is 45.9 Å². The van der Waals surface area contributed by atoms with Crippen LogP contribution in [0.1, 0.15) is 10.4 Å². The van der Waals surface area contributed by atoms with Crippen LogP contribution in [-0.4, -0.2) is 15.9 Å². The third kappa shape index (κ3) is 3.34. The van der Waals surface area contributed by atoms with Crippen LogP contribution in [0.25, 0.3) is 0 Å². The first kappa shape index (κ1) is 12.2. The first-order valence-electron chi connectivity index (χ1n) is 4.68. The molecule has 0 aromatic carbocycles. The van der Waals surface area contributed by atoms with Crippen molar-refractivity contribution >= 4 is 43.5 Å². The van der Waals surface area contributed by atoms with Gasteiger partial charge in [0.15, 0.2) is 0 Å². The van der Waals surface area contributed by atoms with Crippen LogP contribution in [0.5, 0.6) is 0 Å². The molecule has 0 unspecified atom stereocenters. The summed E-state index contributed by atoms with van der Waals surface area (Å²) in [6, 6.07) is 5.23. The predicted octanol–water partition coefficient (Wildman–Crippen LogP) is 3.25. The predicted molar refractivity (Wildman–Crippen MR) is 71.8 cm³/mol. The number of hydrogen-bond acceptors (Lipinski definition) is 3. The van der Waals surface area contributed by atoms with E-state index in [-0.39, 0.29) is 5.91 Å². The maximum absolute atomic E-state index is 11.8. The minimum atomic E-state index is -0.220. The van der Waals surface area contributed by atoms with Crippen molar-refractivity contribution < 1.29 is 4.79 Å². The molecule has 17 heavy (non-hydrogen) atoms. The lowest BCUT2D eigenvalue weighted by Gasteiger charge is -2.04. The number of nitrogens with zero attached hydrogens (tertiary/aromatic N) is 2. The van der Waals surface area contributed by atoms with Gasteiger partial charge in [-0.3, -0.25) is 9.78 Å². The zero-order valence-corrected chi connectivity index (χ0v) is 11.7. The molecule has 2 aromatic rings.